The SMILES string of the molecule is O=C(O)c1ccc(-n2nc(-c3ccc(Cl)s3)c3c2NCC3)cc1. The van der Waals surface area contributed by atoms with Crippen LogP contribution in [-0.2, 0) is 6.42 Å². The quantitative estimate of drug-likeness (QED) is 0.755. The number of rotatable bonds is 3. The molecule has 116 valence electrons. The lowest BCUT2D eigenvalue weighted by Crippen LogP contribution is -2.05. The number of carboxylic acids is 1. The second kappa shape index (κ2) is 5.40. The van der Waals surface area contributed by atoms with Crippen LogP contribution in [0.25, 0.3) is 16.3 Å². The van der Waals surface area contributed by atoms with Gasteiger partial charge in [0.25, 0.3) is 0 Å². The molecule has 3 heterocycles. The van der Waals surface area contributed by atoms with Gasteiger partial charge in [0.15, 0.2) is 0 Å². The van der Waals surface area contributed by atoms with Gasteiger partial charge in [-0.2, -0.15) is 5.10 Å². The van der Waals surface area contributed by atoms with Crippen LogP contribution < -0.4 is 5.32 Å². The van der Waals surface area contributed by atoms with E-state index < -0.39 is 5.97 Å². The zero-order chi connectivity index (χ0) is 16.0. The fourth-order valence-electron chi connectivity index (χ4n) is 2.75. The van der Waals surface area contributed by atoms with Crippen LogP contribution in [0.15, 0.2) is 36.4 Å². The molecular formula is C16H12ClN3O2S. The Kier molecular flexibility index (Phi) is 3.36. The van der Waals surface area contributed by atoms with Crippen LogP contribution in [0, 0.1) is 0 Å². The fourth-order valence-corrected chi connectivity index (χ4v) is 3.80. The van der Waals surface area contributed by atoms with Crippen molar-refractivity contribution >= 4 is 34.7 Å². The van der Waals surface area contributed by atoms with Crippen molar-refractivity contribution in [2.75, 3.05) is 11.9 Å². The molecule has 1 aromatic carbocycles. The molecular weight excluding hydrogens is 334 g/mol. The van der Waals surface area contributed by atoms with Gasteiger partial charge >= 0.3 is 5.97 Å². The highest BCUT2D eigenvalue weighted by molar-refractivity contribution is 7.19. The number of carboxylic acid groups (broad SMARTS) is 1. The first-order valence-corrected chi connectivity index (χ1v) is 8.28. The molecule has 2 N–H and O–H groups in total. The van der Waals surface area contributed by atoms with E-state index >= 15 is 0 Å². The minimum atomic E-state index is -0.936. The number of nitrogens with zero attached hydrogens (tertiary/aromatic N) is 2. The molecule has 0 unspecified atom stereocenters. The summed E-state index contributed by atoms with van der Waals surface area (Å²) >= 11 is 7.55. The van der Waals surface area contributed by atoms with E-state index in [9.17, 15) is 4.79 Å². The first-order valence-electron chi connectivity index (χ1n) is 7.08. The summed E-state index contributed by atoms with van der Waals surface area (Å²) < 4.78 is 2.57. The molecule has 0 amide bonds. The Morgan fingerprint density at radius 2 is 2.04 bits per heavy atom. The summed E-state index contributed by atoms with van der Waals surface area (Å²) in [5.74, 6) is 0.0295. The largest absolute Gasteiger partial charge is 0.478 e. The van der Waals surface area contributed by atoms with Gasteiger partial charge in [-0.05, 0) is 42.8 Å². The van der Waals surface area contributed by atoms with Crippen molar-refractivity contribution in [2.24, 2.45) is 0 Å². The molecule has 0 saturated carbocycles. The molecule has 0 aliphatic carbocycles. The first-order chi connectivity index (χ1) is 11.1. The number of hydrogen-bond acceptors (Lipinski definition) is 4. The standard InChI is InChI=1S/C16H12ClN3O2S/c17-13-6-5-12(23-13)14-11-7-8-18-15(11)20(19-14)10-3-1-9(2-4-10)16(21)22/h1-6,18H,7-8H2,(H,21,22). The Morgan fingerprint density at radius 3 is 2.70 bits per heavy atom. The number of nitrogens with one attached hydrogen (secondary N) is 1. The second-order valence-electron chi connectivity index (χ2n) is 5.22. The van der Waals surface area contributed by atoms with Gasteiger partial charge in [0.2, 0.25) is 0 Å². The Morgan fingerprint density at radius 1 is 1.26 bits per heavy atom. The predicted molar refractivity (Wildman–Crippen MR) is 91.0 cm³/mol. The summed E-state index contributed by atoms with van der Waals surface area (Å²) in [7, 11) is 0. The van der Waals surface area contributed by atoms with Crippen LogP contribution in [0.5, 0.6) is 0 Å². The van der Waals surface area contributed by atoms with E-state index in [1.54, 1.807) is 24.3 Å². The smallest absolute Gasteiger partial charge is 0.335 e. The van der Waals surface area contributed by atoms with E-state index in [4.69, 9.17) is 21.8 Å². The molecule has 5 nitrogen and oxygen atoms in total. The fraction of sp³-hybridized carbons (Fsp3) is 0.125. The van der Waals surface area contributed by atoms with Crippen molar-refractivity contribution in [2.45, 2.75) is 6.42 Å². The van der Waals surface area contributed by atoms with E-state index in [2.05, 4.69) is 5.32 Å². The van der Waals surface area contributed by atoms with E-state index in [0.717, 1.165) is 39.4 Å². The average molecular weight is 346 g/mol. The summed E-state index contributed by atoms with van der Waals surface area (Å²) in [6.07, 6.45) is 0.910. The van der Waals surface area contributed by atoms with E-state index in [1.807, 2.05) is 16.8 Å². The van der Waals surface area contributed by atoms with Gasteiger partial charge in [-0.25, -0.2) is 9.48 Å². The van der Waals surface area contributed by atoms with Crippen LogP contribution in [-0.4, -0.2) is 27.4 Å². The molecule has 7 heteroatoms. The number of halogens is 1. The average Bonchev–Trinajstić information content (AvgIpc) is 3.23. The maximum absolute atomic E-state index is 11.0. The lowest BCUT2D eigenvalue weighted by Gasteiger charge is -2.06. The molecule has 0 atom stereocenters. The third-order valence-electron chi connectivity index (χ3n) is 3.82. The van der Waals surface area contributed by atoms with Crippen LogP contribution in [0.3, 0.4) is 0 Å². The molecule has 0 saturated heterocycles. The van der Waals surface area contributed by atoms with Crippen molar-refractivity contribution in [1.29, 1.82) is 0 Å². The summed E-state index contributed by atoms with van der Waals surface area (Å²) in [6, 6.07) is 10.6. The molecule has 4 rings (SSSR count). The molecule has 2 aromatic heterocycles. The number of hydrogen-bond donors (Lipinski definition) is 2. The normalized spacial score (nSPS) is 12.9. The maximum Gasteiger partial charge on any atom is 0.335 e. The number of carbonyl (C=O) groups is 1. The van der Waals surface area contributed by atoms with Gasteiger partial charge in [-0.15, -0.1) is 11.3 Å². The third-order valence-corrected chi connectivity index (χ3v) is 5.05. The number of fused-ring (bicyclic) bond motifs is 1. The molecule has 0 radical (unpaired) electrons. The van der Waals surface area contributed by atoms with Crippen LogP contribution >= 0.6 is 22.9 Å². The minimum absolute atomic E-state index is 0.260. The van der Waals surface area contributed by atoms with E-state index in [1.165, 1.54) is 16.9 Å². The van der Waals surface area contributed by atoms with Gasteiger partial charge in [0.05, 0.1) is 20.5 Å². The third kappa shape index (κ3) is 2.40. The van der Waals surface area contributed by atoms with Gasteiger partial charge in [0, 0.05) is 12.1 Å². The minimum Gasteiger partial charge on any atom is -0.478 e. The highest BCUT2D eigenvalue weighted by Crippen LogP contribution is 2.38. The van der Waals surface area contributed by atoms with Gasteiger partial charge < -0.3 is 10.4 Å². The zero-order valence-electron chi connectivity index (χ0n) is 11.9. The molecule has 1 aliphatic heterocycles. The summed E-state index contributed by atoms with van der Waals surface area (Å²) in [5.41, 5.74) is 3.19. The van der Waals surface area contributed by atoms with Crippen molar-refractivity contribution < 1.29 is 9.90 Å². The van der Waals surface area contributed by atoms with E-state index in [0.29, 0.717) is 0 Å². The van der Waals surface area contributed by atoms with Crippen LogP contribution in [0.4, 0.5) is 5.82 Å². The first kappa shape index (κ1) is 14.3. The van der Waals surface area contributed by atoms with Crippen molar-refractivity contribution in [3.05, 3.63) is 51.9 Å². The molecule has 0 bridgehead atoms. The zero-order valence-corrected chi connectivity index (χ0v) is 13.5. The lowest BCUT2D eigenvalue weighted by molar-refractivity contribution is 0.0697. The maximum atomic E-state index is 11.0. The van der Waals surface area contributed by atoms with Crippen molar-refractivity contribution in [3.63, 3.8) is 0 Å². The van der Waals surface area contributed by atoms with E-state index in [-0.39, 0.29) is 5.56 Å². The Labute approximate surface area is 141 Å². The van der Waals surface area contributed by atoms with Gasteiger partial charge in [-0.1, -0.05) is 11.6 Å². The number of thiophene rings is 1. The molecule has 3 aromatic rings. The Hall–Kier alpha value is -2.31. The Bertz CT molecular complexity index is 899. The number of aromatic carboxylic acids is 1. The molecule has 0 spiro atoms. The summed E-state index contributed by atoms with van der Waals surface area (Å²) in [5, 5.41) is 17.1. The summed E-state index contributed by atoms with van der Waals surface area (Å²) in [6.45, 7) is 0.868. The van der Waals surface area contributed by atoms with Gasteiger partial charge in [0.1, 0.15) is 11.5 Å². The highest BCUT2D eigenvalue weighted by atomic mass is 35.5. The van der Waals surface area contributed by atoms with Crippen molar-refractivity contribution in [3.8, 4) is 16.3 Å². The van der Waals surface area contributed by atoms with Crippen molar-refractivity contribution in [1.82, 2.24) is 9.78 Å². The molecule has 23 heavy (non-hydrogen) atoms. The second-order valence-corrected chi connectivity index (χ2v) is 6.94. The topological polar surface area (TPSA) is 67.1 Å². The predicted octanol–water partition coefficient (Wildman–Crippen LogP) is 3.92. The van der Waals surface area contributed by atoms with Gasteiger partial charge in [-0.3, -0.25) is 0 Å². The number of aromatic nitrogens is 2. The van der Waals surface area contributed by atoms with Crippen LogP contribution in [0.1, 0.15) is 15.9 Å². The Balaban J connectivity index is 1.82. The van der Waals surface area contributed by atoms with Crippen LogP contribution in [0.2, 0.25) is 4.34 Å². The lowest BCUT2D eigenvalue weighted by atomic mass is 10.2. The summed E-state index contributed by atoms with van der Waals surface area (Å²) in [4.78, 5) is 12.0. The highest BCUT2D eigenvalue weighted by Gasteiger charge is 2.24. The molecule has 0 fully saturated rings. The molecule has 1 aliphatic rings. The number of anilines is 1. The number of benzene rings is 1. The monoisotopic (exact) mass is 345 g/mol.